The van der Waals surface area contributed by atoms with Crippen molar-refractivity contribution in [3.05, 3.63) is 102 Å². The molecule has 1 aliphatic rings. The van der Waals surface area contributed by atoms with Crippen molar-refractivity contribution in [2.75, 3.05) is 6.54 Å². The first kappa shape index (κ1) is 33.7. The number of hydrogen-bond donors (Lipinski definition) is 6. The van der Waals surface area contributed by atoms with Crippen molar-refractivity contribution < 1.29 is 29.1 Å². The molecule has 0 saturated carbocycles. The summed E-state index contributed by atoms with van der Waals surface area (Å²) in [6, 6.07) is 19.1. The lowest BCUT2D eigenvalue weighted by molar-refractivity contribution is -0.142. The number of likely N-dealkylation sites (tertiary alicyclic amines) is 1. The second kappa shape index (κ2) is 15.3. The Morgan fingerprint density at radius 3 is 2.21 bits per heavy atom. The number of carbonyl (C=O) groups is 5. The molecule has 0 aliphatic carbocycles. The van der Waals surface area contributed by atoms with Crippen LogP contribution in [0.4, 0.5) is 0 Å². The summed E-state index contributed by atoms with van der Waals surface area (Å²) in [5.74, 6) is -2.58. The molecule has 4 atom stereocenters. The molecular formula is C36H40N6O6. The second-order valence-electron chi connectivity index (χ2n) is 12.1. The molecule has 0 radical (unpaired) electrons. The monoisotopic (exact) mass is 652 g/mol. The van der Waals surface area contributed by atoms with Crippen molar-refractivity contribution in [3.8, 4) is 5.75 Å². The van der Waals surface area contributed by atoms with Crippen LogP contribution in [0.1, 0.15) is 36.5 Å². The largest absolute Gasteiger partial charge is 0.508 e. The van der Waals surface area contributed by atoms with Gasteiger partial charge in [-0.1, -0.05) is 60.7 Å². The molecule has 12 heteroatoms. The Morgan fingerprint density at radius 2 is 1.50 bits per heavy atom. The molecule has 1 aliphatic heterocycles. The van der Waals surface area contributed by atoms with Crippen LogP contribution >= 0.6 is 0 Å². The number of hydrogen-bond acceptors (Lipinski definition) is 6. The molecule has 250 valence electrons. The van der Waals surface area contributed by atoms with E-state index in [1.165, 1.54) is 24.0 Å². The number of carbonyl (C=O) groups excluding carboxylic acids is 5. The quantitative estimate of drug-likeness (QED) is 0.128. The molecule has 7 N–H and O–H groups in total. The van der Waals surface area contributed by atoms with E-state index in [2.05, 4.69) is 20.9 Å². The number of aromatic amines is 1. The molecule has 1 aromatic heterocycles. The van der Waals surface area contributed by atoms with Gasteiger partial charge in [0, 0.05) is 49.8 Å². The van der Waals surface area contributed by atoms with Crippen LogP contribution in [-0.2, 0) is 43.2 Å². The third kappa shape index (κ3) is 8.38. The highest BCUT2D eigenvalue weighted by Gasteiger charge is 2.39. The summed E-state index contributed by atoms with van der Waals surface area (Å²) in [4.78, 5) is 70.7. The summed E-state index contributed by atoms with van der Waals surface area (Å²) < 4.78 is 0. The number of amides is 5. The van der Waals surface area contributed by atoms with Crippen molar-refractivity contribution in [2.45, 2.75) is 63.2 Å². The van der Waals surface area contributed by atoms with Gasteiger partial charge in [-0.05, 0) is 47.7 Å². The highest BCUT2D eigenvalue weighted by molar-refractivity contribution is 5.96. The Kier molecular flexibility index (Phi) is 10.7. The highest BCUT2D eigenvalue weighted by atomic mass is 16.3. The molecule has 1 saturated heterocycles. The number of phenols is 1. The van der Waals surface area contributed by atoms with Crippen molar-refractivity contribution in [2.24, 2.45) is 5.73 Å². The maximum absolute atomic E-state index is 13.9. The number of H-pyrrole nitrogens is 1. The number of fused-ring (bicyclic) bond motifs is 1. The number of para-hydroxylation sites is 1. The number of nitrogens with zero attached hydrogens (tertiary/aromatic N) is 1. The van der Waals surface area contributed by atoms with E-state index in [-0.39, 0.29) is 25.0 Å². The number of nitrogens with two attached hydrogens (primary N) is 1. The smallest absolute Gasteiger partial charge is 0.246 e. The first-order valence-corrected chi connectivity index (χ1v) is 15.9. The van der Waals surface area contributed by atoms with Crippen LogP contribution in [0, 0.1) is 0 Å². The minimum absolute atomic E-state index is 0.0749. The summed E-state index contributed by atoms with van der Waals surface area (Å²) in [6.07, 6.45) is 3.13. The van der Waals surface area contributed by atoms with E-state index in [0.717, 1.165) is 27.6 Å². The molecule has 48 heavy (non-hydrogen) atoms. The average molecular weight is 653 g/mol. The summed E-state index contributed by atoms with van der Waals surface area (Å²) in [7, 11) is 0. The minimum Gasteiger partial charge on any atom is -0.508 e. The van der Waals surface area contributed by atoms with Crippen molar-refractivity contribution >= 4 is 40.4 Å². The van der Waals surface area contributed by atoms with E-state index in [1.807, 2.05) is 54.6 Å². The van der Waals surface area contributed by atoms with Gasteiger partial charge in [-0.15, -0.1) is 0 Å². The standard InChI is InChI=1S/C36H40N6O6/c1-22(43)39-31(19-24-13-15-26(44)16-14-24)36(48)42-17-7-12-32(42)35(47)41-30(20-25-21-38-28-11-6-5-10-27(25)28)34(46)40-29(33(37)45)18-23-8-3-2-4-9-23/h2-6,8-11,13-16,21,29-32,38,44H,7,12,17-20H2,1H3,(H2,37,45)(H,39,43)(H,40,46)(H,41,47)/t29-,30-,31-,32-/m0/s1. The van der Waals surface area contributed by atoms with Crippen molar-refractivity contribution in [1.29, 1.82) is 0 Å². The van der Waals surface area contributed by atoms with Gasteiger partial charge in [-0.25, -0.2) is 0 Å². The Morgan fingerprint density at radius 1 is 0.833 bits per heavy atom. The Hall–Kier alpha value is -5.65. The summed E-state index contributed by atoms with van der Waals surface area (Å²) in [5, 5.41) is 18.8. The van der Waals surface area contributed by atoms with Crippen molar-refractivity contribution in [3.63, 3.8) is 0 Å². The fraction of sp³-hybridized carbons (Fsp3) is 0.306. The maximum Gasteiger partial charge on any atom is 0.246 e. The molecule has 0 unspecified atom stereocenters. The van der Waals surface area contributed by atoms with E-state index in [9.17, 15) is 29.1 Å². The first-order chi connectivity index (χ1) is 23.1. The SMILES string of the molecule is CC(=O)N[C@@H](Cc1ccc(O)cc1)C(=O)N1CCC[C@H]1C(=O)N[C@@H](Cc1c[nH]c2ccccc12)C(=O)N[C@@H](Cc1ccccc1)C(N)=O. The molecule has 5 amide bonds. The molecule has 3 aromatic carbocycles. The lowest BCUT2D eigenvalue weighted by Crippen LogP contribution is -2.58. The van der Waals surface area contributed by atoms with E-state index in [0.29, 0.717) is 19.4 Å². The van der Waals surface area contributed by atoms with Crippen LogP contribution in [0.2, 0.25) is 0 Å². The van der Waals surface area contributed by atoms with Gasteiger partial charge in [0.2, 0.25) is 29.5 Å². The number of phenolic OH excluding ortho intramolecular Hbond substituents is 1. The van der Waals surface area contributed by atoms with E-state index in [4.69, 9.17) is 5.73 Å². The normalized spacial score (nSPS) is 16.1. The van der Waals surface area contributed by atoms with Crippen LogP contribution in [0.3, 0.4) is 0 Å². The molecular weight excluding hydrogens is 612 g/mol. The van der Waals surface area contributed by atoms with E-state index < -0.39 is 53.7 Å². The van der Waals surface area contributed by atoms with Crippen molar-refractivity contribution in [1.82, 2.24) is 25.8 Å². The second-order valence-corrected chi connectivity index (χ2v) is 12.1. The van der Waals surface area contributed by atoms with Gasteiger partial charge < -0.3 is 36.7 Å². The van der Waals surface area contributed by atoms with Crippen LogP contribution in [-0.4, -0.2) is 75.2 Å². The average Bonchev–Trinajstić information content (AvgIpc) is 3.73. The summed E-state index contributed by atoms with van der Waals surface area (Å²) in [5.41, 5.74) is 8.86. The topological polar surface area (TPSA) is 187 Å². The molecule has 5 rings (SSSR count). The van der Waals surface area contributed by atoms with E-state index in [1.54, 1.807) is 18.3 Å². The van der Waals surface area contributed by atoms with Gasteiger partial charge in [0.25, 0.3) is 0 Å². The zero-order valence-electron chi connectivity index (χ0n) is 26.6. The maximum atomic E-state index is 13.9. The summed E-state index contributed by atoms with van der Waals surface area (Å²) in [6.45, 7) is 1.61. The van der Waals surface area contributed by atoms with Crippen LogP contribution in [0.5, 0.6) is 5.75 Å². The zero-order valence-corrected chi connectivity index (χ0v) is 26.6. The molecule has 12 nitrogen and oxygen atoms in total. The van der Waals surface area contributed by atoms with Gasteiger partial charge in [0.15, 0.2) is 0 Å². The van der Waals surface area contributed by atoms with E-state index >= 15 is 0 Å². The molecule has 2 heterocycles. The fourth-order valence-electron chi connectivity index (χ4n) is 6.16. The lowest BCUT2D eigenvalue weighted by Gasteiger charge is -2.30. The Balaban J connectivity index is 1.36. The van der Waals surface area contributed by atoms with Gasteiger partial charge in [-0.2, -0.15) is 0 Å². The molecule has 1 fully saturated rings. The predicted molar refractivity (Wildman–Crippen MR) is 179 cm³/mol. The number of aromatic nitrogens is 1. The Bertz CT molecular complexity index is 1770. The number of nitrogens with one attached hydrogen (secondary N) is 4. The lowest BCUT2D eigenvalue weighted by atomic mass is 10.0. The van der Waals surface area contributed by atoms with Gasteiger partial charge in [0.05, 0.1) is 0 Å². The fourth-order valence-corrected chi connectivity index (χ4v) is 6.16. The minimum atomic E-state index is -1.10. The predicted octanol–water partition coefficient (Wildman–Crippen LogP) is 1.85. The summed E-state index contributed by atoms with van der Waals surface area (Å²) >= 11 is 0. The Labute approximate surface area is 278 Å². The highest BCUT2D eigenvalue weighted by Crippen LogP contribution is 2.23. The van der Waals surface area contributed by atoms with Gasteiger partial charge >= 0.3 is 0 Å². The number of aromatic hydroxyl groups is 1. The van der Waals surface area contributed by atoms with Gasteiger partial charge in [-0.3, -0.25) is 24.0 Å². The van der Waals surface area contributed by atoms with Crippen LogP contribution in [0.15, 0.2) is 85.1 Å². The molecule has 0 bridgehead atoms. The molecule has 0 spiro atoms. The zero-order chi connectivity index (χ0) is 34.2. The number of benzene rings is 3. The first-order valence-electron chi connectivity index (χ1n) is 15.9. The number of rotatable bonds is 13. The number of primary amides is 1. The van der Waals surface area contributed by atoms with Crippen LogP contribution < -0.4 is 21.7 Å². The third-order valence-corrected chi connectivity index (χ3v) is 8.56. The molecule has 4 aromatic rings. The van der Waals surface area contributed by atoms with Crippen LogP contribution in [0.25, 0.3) is 10.9 Å². The third-order valence-electron chi connectivity index (χ3n) is 8.56. The van der Waals surface area contributed by atoms with Gasteiger partial charge in [0.1, 0.15) is 29.9 Å².